The molecule has 2 saturated heterocycles. The molecular formula is C12H18ClNO3. The first-order valence-corrected chi connectivity index (χ1v) is 6.17. The lowest BCUT2D eigenvalue weighted by Gasteiger charge is -2.44. The Bertz CT molecular complexity index is 350. The molecule has 2 aliphatic rings. The Balaban J connectivity index is 2.19. The van der Waals surface area contributed by atoms with Gasteiger partial charge in [-0.2, -0.15) is 0 Å². The third-order valence-electron chi connectivity index (χ3n) is 3.03. The molecule has 0 aromatic carbocycles. The number of rotatable bonds is 1. The SMILES string of the molecule is C/C(Cl)=C/C(=O)N1CC(C)(C)O[C@@H]2COC[C@H]21. The van der Waals surface area contributed by atoms with Gasteiger partial charge in [0.25, 0.3) is 0 Å². The van der Waals surface area contributed by atoms with Crippen LogP contribution in [0, 0.1) is 0 Å². The second-order valence-electron chi connectivity index (χ2n) is 5.22. The van der Waals surface area contributed by atoms with Crippen molar-refractivity contribution in [3.63, 3.8) is 0 Å². The van der Waals surface area contributed by atoms with E-state index in [0.29, 0.717) is 24.8 Å². The minimum Gasteiger partial charge on any atom is -0.376 e. The van der Waals surface area contributed by atoms with Gasteiger partial charge >= 0.3 is 0 Å². The van der Waals surface area contributed by atoms with E-state index in [1.54, 1.807) is 6.92 Å². The summed E-state index contributed by atoms with van der Waals surface area (Å²) in [6.45, 7) is 7.34. The summed E-state index contributed by atoms with van der Waals surface area (Å²) in [6.07, 6.45) is 1.44. The van der Waals surface area contributed by atoms with Gasteiger partial charge < -0.3 is 14.4 Å². The van der Waals surface area contributed by atoms with Gasteiger partial charge in [-0.25, -0.2) is 0 Å². The molecule has 4 nitrogen and oxygen atoms in total. The maximum absolute atomic E-state index is 12.1. The molecule has 2 aliphatic heterocycles. The predicted molar refractivity (Wildman–Crippen MR) is 64.9 cm³/mol. The molecule has 0 spiro atoms. The van der Waals surface area contributed by atoms with Crippen molar-refractivity contribution >= 4 is 17.5 Å². The van der Waals surface area contributed by atoms with Gasteiger partial charge in [-0.05, 0) is 20.8 Å². The lowest BCUT2D eigenvalue weighted by Crippen LogP contribution is -2.59. The number of nitrogens with zero attached hydrogens (tertiary/aromatic N) is 1. The van der Waals surface area contributed by atoms with Gasteiger partial charge in [0.05, 0.1) is 24.9 Å². The maximum Gasteiger partial charge on any atom is 0.248 e. The molecule has 0 aromatic heterocycles. The van der Waals surface area contributed by atoms with Crippen LogP contribution in [0.4, 0.5) is 0 Å². The number of halogens is 1. The fourth-order valence-corrected chi connectivity index (χ4v) is 2.49. The topological polar surface area (TPSA) is 38.8 Å². The first-order chi connectivity index (χ1) is 7.89. The fraction of sp³-hybridized carbons (Fsp3) is 0.750. The molecule has 5 heteroatoms. The molecule has 0 aliphatic carbocycles. The molecule has 0 unspecified atom stereocenters. The first kappa shape index (κ1) is 12.9. The molecule has 2 rings (SSSR count). The number of fused-ring (bicyclic) bond motifs is 1. The minimum atomic E-state index is -0.335. The summed E-state index contributed by atoms with van der Waals surface area (Å²) < 4.78 is 11.3. The molecular weight excluding hydrogens is 242 g/mol. The van der Waals surface area contributed by atoms with E-state index in [0.717, 1.165) is 0 Å². The number of ether oxygens (including phenoxy) is 2. The van der Waals surface area contributed by atoms with Crippen LogP contribution in [0.5, 0.6) is 0 Å². The van der Waals surface area contributed by atoms with Crippen LogP contribution in [-0.4, -0.2) is 48.3 Å². The van der Waals surface area contributed by atoms with E-state index in [-0.39, 0.29) is 23.7 Å². The fourth-order valence-electron chi connectivity index (χ4n) is 2.40. The van der Waals surface area contributed by atoms with Crippen LogP contribution in [0.25, 0.3) is 0 Å². The number of morpholine rings is 1. The molecule has 2 fully saturated rings. The number of hydrogen-bond acceptors (Lipinski definition) is 3. The summed E-state index contributed by atoms with van der Waals surface area (Å²) in [4.78, 5) is 13.9. The zero-order valence-corrected chi connectivity index (χ0v) is 11.2. The average molecular weight is 260 g/mol. The van der Waals surface area contributed by atoms with E-state index in [1.807, 2.05) is 18.7 Å². The van der Waals surface area contributed by atoms with Crippen molar-refractivity contribution in [1.29, 1.82) is 0 Å². The van der Waals surface area contributed by atoms with E-state index < -0.39 is 0 Å². The monoisotopic (exact) mass is 259 g/mol. The van der Waals surface area contributed by atoms with E-state index >= 15 is 0 Å². The normalized spacial score (nSPS) is 32.5. The van der Waals surface area contributed by atoms with Gasteiger partial charge in [0, 0.05) is 17.7 Å². The van der Waals surface area contributed by atoms with Crippen LogP contribution < -0.4 is 0 Å². The third-order valence-corrected chi connectivity index (χ3v) is 3.14. The number of hydrogen-bond donors (Lipinski definition) is 0. The van der Waals surface area contributed by atoms with Crippen molar-refractivity contribution in [2.24, 2.45) is 0 Å². The summed E-state index contributed by atoms with van der Waals surface area (Å²) in [5.41, 5.74) is -0.335. The van der Waals surface area contributed by atoms with Crippen LogP contribution in [0.3, 0.4) is 0 Å². The Hall–Kier alpha value is -0.580. The Kier molecular flexibility index (Phi) is 3.48. The van der Waals surface area contributed by atoms with Crippen LogP contribution in [0.2, 0.25) is 0 Å². The van der Waals surface area contributed by atoms with Gasteiger partial charge in [-0.15, -0.1) is 0 Å². The summed E-state index contributed by atoms with van der Waals surface area (Å²) in [7, 11) is 0. The number of carbonyl (C=O) groups is 1. The second kappa shape index (κ2) is 4.59. The maximum atomic E-state index is 12.1. The quantitative estimate of drug-likeness (QED) is 0.671. The molecule has 2 atom stereocenters. The molecule has 0 saturated carbocycles. The van der Waals surface area contributed by atoms with Crippen LogP contribution in [-0.2, 0) is 14.3 Å². The van der Waals surface area contributed by atoms with Crippen molar-refractivity contribution < 1.29 is 14.3 Å². The highest BCUT2D eigenvalue weighted by molar-refractivity contribution is 6.30. The highest BCUT2D eigenvalue weighted by Gasteiger charge is 2.45. The van der Waals surface area contributed by atoms with Crippen molar-refractivity contribution in [1.82, 2.24) is 4.90 Å². The van der Waals surface area contributed by atoms with Crippen molar-refractivity contribution in [2.45, 2.75) is 38.5 Å². The summed E-state index contributed by atoms with van der Waals surface area (Å²) >= 11 is 5.76. The summed E-state index contributed by atoms with van der Waals surface area (Å²) in [5, 5.41) is 0.495. The Morgan fingerprint density at radius 2 is 2.18 bits per heavy atom. The molecule has 1 amide bonds. The van der Waals surface area contributed by atoms with Crippen molar-refractivity contribution in [2.75, 3.05) is 19.8 Å². The number of carbonyl (C=O) groups excluding carboxylic acids is 1. The Morgan fingerprint density at radius 3 is 2.82 bits per heavy atom. The summed E-state index contributed by atoms with van der Waals surface area (Å²) in [5.74, 6) is -0.0608. The van der Waals surface area contributed by atoms with E-state index in [9.17, 15) is 4.79 Å². The lowest BCUT2D eigenvalue weighted by molar-refractivity contribution is -0.165. The standard InChI is InChI=1S/C12H18ClNO3/c1-8(13)4-11(15)14-7-12(2,3)17-10-6-16-5-9(10)14/h4,9-10H,5-7H2,1-3H3/b8-4-/t9-,10-/m1/s1. The van der Waals surface area contributed by atoms with E-state index in [1.165, 1.54) is 6.08 Å². The van der Waals surface area contributed by atoms with Crippen LogP contribution in [0.15, 0.2) is 11.1 Å². The van der Waals surface area contributed by atoms with E-state index in [2.05, 4.69) is 0 Å². The van der Waals surface area contributed by atoms with Crippen LogP contribution in [0.1, 0.15) is 20.8 Å². The number of allylic oxidation sites excluding steroid dienone is 1. The Morgan fingerprint density at radius 1 is 1.47 bits per heavy atom. The van der Waals surface area contributed by atoms with E-state index in [4.69, 9.17) is 21.1 Å². The average Bonchev–Trinajstić information content (AvgIpc) is 2.61. The molecule has 96 valence electrons. The zero-order chi connectivity index (χ0) is 12.6. The highest BCUT2D eigenvalue weighted by atomic mass is 35.5. The van der Waals surface area contributed by atoms with Crippen molar-refractivity contribution in [3.05, 3.63) is 11.1 Å². The molecule has 0 radical (unpaired) electrons. The van der Waals surface area contributed by atoms with Gasteiger partial charge in [0.1, 0.15) is 6.10 Å². The smallest absolute Gasteiger partial charge is 0.248 e. The minimum absolute atomic E-state index is 0.0165. The predicted octanol–water partition coefficient (Wildman–Crippen LogP) is 1.53. The molecule has 2 heterocycles. The highest BCUT2D eigenvalue weighted by Crippen LogP contribution is 2.29. The van der Waals surface area contributed by atoms with Gasteiger partial charge in [0.15, 0.2) is 0 Å². The van der Waals surface area contributed by atoms with Gasteiger partial charge in [-0.1, -0.05) is 11.6 Å². The summed E-state index contributed by atoms with van der Waals surface area (Å²) in [6, 6.07) is 0.0165. The van der Waals surface area contributed by atoms with Crippen molar-refractivity contribution in [3.8, 4) is 0 Å². The molecule has 0 bridgehead atoms. The largest absolute Gasteiger partial charge is 0.376 e. The molecule has 0 aromatic rings. The van der Waals surface area contributed by atoms with Crippen LogP contribution >= 0.6 is 11.6 Å². The third kappa shape index (κ3) is 2.81. The zero-order valence-electron chi connectivity index (χ0n) is 10.4. The van der Waals surface area contributed by atoms with Gasteiger partial charge in [0.2, 0.25) is 5.91 Å². The lowest BCUT2D eigenvalue weighted by atomic mass is 10.0. The van der Waals surface area contributed by atoms with Gasteiger partial charge in [-0.3, -0.25) is 4.79 Å². The molecule has 17 heavy (non-hydrogen) atoms. The molecule has 0 N–H and O–H groups in total. The Labute approximate surface area is 107 Å². The number of amides is 1. The first-order valence-electron chi connectivity index (χ1n) is 5.79. The second-order valence-corrected chi connectivity index (χ2v) is 5.81.